The molecule has 29 heavy (non-hydrogen) atoms. The standard InChI is InChI=1S/C21H27N3O4S/c1-21(2,3)18-6-4-17(5-7-18)16-22-12-14-23(15-13-22)29(27,28)20-10-8-19(9-11-20)24(25)26/h4-11H,12-16H2,1-3H3. The molecule has 1 fully saturated rings. The third-order valence-electron chi connectivity index (χ3n) is 5.24. The van der Waals surface area contributed by atoms with Gasteiger partial charge in [-0.2, -0.15) is 4.31 Å². The zero-order valence-corrected chi connectivity index (χ0v) is 17.9. The van der Waals surface area contributed by atoms with Crippen LogP contribution in [0.2, 0.25) is 0 Å². The average molecular weight is 418 g/mol. The molecule has 7 nitrogen and oxygen atoms in total. The number of non-ortho nitro benzene ring substituents is 1. The highest BCUT2D eigenvalue weighted by atomic mass is 32.2. The number of hydrogen-bond donors (Lipinski definition) is 0. The van der Waals surface area contributed by atoms with Crippen molar-refractivity contribution in [1.29, 1.82) is 0 Å². The smallest absolute Gasteiger partial charge is 0.269 e. The molecular weight excluding hydrogens is 390 g/mol. The van der Waals surface area contributed by atoms with Gasteiger partial charge in [-0.3, -0.25) is 15.0 Å². The predicted molar refractivity (Wildman–Crippen MR) is 112 cm³/mol. The van der Waals surface area contributed by atoms with Gasteiger partial charge in [0.1, 0.15) is 0 Å². The van der Waals surface area contributed by atoms with Crippen molar-refractivity contribution in [3.05, 3.63) is 69.8 Å². The van der Waals surface area contributed by atoms with E-state index in [0.717, 1.165) is 6.54 Å². The number of nitrogens with zero attached hydrogens (tertiary/aromatic N) is 3. The fraction of sp³-hybridized carbons (Fsp3) is 0.429. The van der Waals surface area contributed by atoms with Crippen LogP contribution in [0.25, 0.3) is 0 Å². The molecule has 0 aromatic heterocycles. The molecule has 0 bridgehead atoms. The summed E-state index contributed by atoms with van der Waals surface area (Å²) >= 11 is 0. The van der Waals surface area contributed by atoms with Crippen LogP contribution < -0.4 is 0 Å². The van der Waals surface area contributed by atoms with E-state index in [0.29, 0.717) is 26.2 Å². The second-order valence-corrected chi connectivity index (χ2v) is 10.3. The van der Waals surface area contributed by atoms with Crippen LogP contribution in [0.3, 0.4) is 0 Å². The number of rotatable bonds is 5. The molecule has 0 amide bonds. The Morgan fingerprint density at radius 2 is 1.48 bits per heavy atom. The van der Waals surface area contributed by atoms with E-state index in [9.17, 15) is 18.5 Å². The van der Waals surface area contributed by atoms with Gasteiger partial charge in [-0.25, -0.2) is 8.42 Å². The van der Waals surface area contributed by atoms with Crippen LogP contribution in [-0.2, 0) is 22.0 Å². The molecule has 0 unspecified atom stereocenters. The quantitative estimate of drug-likeness (QED) is 0.550. The highest BCUT2D eigenvalue weighted by Crippen LogP contribution is 2.24. The van der Waals surface area contributed by atoms with Gasteiger partial charge < -0.3 is 0 Å². The Hall–Kier alpha value is -2.29. The minimum Gasteiger partial charge on any atom is -0.296 e. The number of benzene rings is 2. The van der Waals surface area contributed by atoms with Crippen molar-refractivity contribution in [3.63, 3.8) is 0 Å². The fourth-order valence-corrected chi connectivity index (χ4v) is 4.81. The lowest BCUT2D eigenvalue weighted by Crippen LogP contribution is -2.48. The zero-order valence-electron chi connectivity index (χ0n) is 17.0. The van der Waals surface area contributed by atoms with Crippen molar-refractivity contribution in [3.8, 4) is 0 Å². The fourth-order valence-electron chi connectivity index (χ4n) is 3.39. The molecule has 3 rings (SSSR count). The maximum absolute atomic E-state index is 12.8. The van der Waals surface area contributed by atoms with Crippen molar-refractivity contribution in [1.82, 2.24) is 9.21 Å². The second-order valence-electron chi connectivity index (χ2n) is 8.38. The van der Waals surface area contributed by atoms with E-state index in [2.05, 4.69) is 49.9 Å². The van der Waals surface area contributed by atoms with Gasteiger partial charge in [-0.1, -0.05) is 45.0 Å². The Labute approximate surface area is 172 Å². The summed E-state index contributed by atoms with van der Waals surface area (Å²) in [6.45, 7) is 9.45. The third kappa shape index (κ3) is 5.01. The van der Waals surface area contributed by atoms with Crippen LogP contribution in [0.1, 0.15) is 31.9 Å². The van der Waals surface area contributed by atoms with Gasteiger partial charge in [0.25, 0.3) is 5.69 Å². The first-order valence-electron chi connectivity index (χ1n) is 9.64. The van der Waals surface area contributed by atoms with E-state index in [4.69, 9.17) is 0 Å². The van der Waals surface area contributed by atoms with Crippen molar-refractivity contribution in [2.45, 2.75) is 37.6 Å². The van der Waals surface area contributed by atoms with Gasteiger partial charge in [0, 0.05) is 44.9 Å². The summed E-state index contributed by atoms with van der Waals surface area (Å²) in [5.41, 5.74) is 2.51. The lowest BCUT2D eigenvalue weighted by molar-refractivity contribution is -0.384. The van der Waals surface area contributed by atoms with Gasteiger partial charge >= 0.3 is 0 Å². The Bertz CT molecular complexity index is 956. The van der Waals surface area contributed by atoms with Gasteiger partial charge in [-0.15, -0.1) is 0 Å². The maximum Gasteiger partial charge on any atom is 0.269 e. The van der Waals surface area contributed by atoms with E-state index in [1.54, 1.807) is 0 Å². The summed E-state index contributed by atoms with van der Waals surface area (Å²) in [6.07, 6.45) is 0. The maximum atomic E-state index is 12.8. The van der Waals surface area contributed by atoms with Crippen LogP contribution in [0.15, 0.2) is 53.4 Å². The molecule has 156 valence electrons. The molecule has 0 aliphatic carbocycles. The first-order valence-corrected chi connectivity index (χ1v) is 11.1. The second kappa shape index (κ2) is 8.22. The van der Waals surface area contributed by atoms with Gasteiger partial charge in [0.15, 0.2) is 0 Å². The Kier molecular flexibility index (Phi) is 6.07. The molecule has 1 saturated heterocycles. The summed E-state index contributed by atoms with van der Waals surface area (Å²) in [5.74, 6) is 0. The van der Waals surface area contributed by atoms with Gasteiger partial charge in [0.2, 0.25) is 10.0 Å². The normalized spacial score (nSPS) is 16.7. The molecule has 1 heterocycles. The Balaban J connectivity index is 1.60. The zero-order chi connectivity index (χ0) is 21.2. The SMILES string of the molecule is CC(C)(C)c1ccc(CN2CCN(S(=O)(=O)c3ccc([N+](=O)[O-])cc3)CC2)cc1. The topological polar surface area (TPSA) is 83.8 Å². The summed E-state index contributed by atoms with van der Waals surface area (Å²) in [4.78, 5) is 12.6. The van der Waals surface area contributed by atoms with Crippen molar-refractivity contribution >= 4 is 15.7 Å². The summed E-state index contributed by atoms with van der Waals surface area (Å²) in [5, 5.41) is 10.8. The summed E-state index contributed by atoms with van der Waals surface area (Å²) in [7, 11) is -3.64. The molecule has 2 aromatic rings. The van der Waals surface area contributed by atoms with Crippen LogP contribution in [0.4, 0.5) is 5.69 Å². The number of sulfonamides is 1. The third-order valence-corrected chi connectivity index (χ3v) is 7.16. The van der Waals surface area contributed by atoms with Crippen molar-refractivity contribution < 1.29 is 13.3 Å². The first-order chi connectivity index (χ1) is 13.6. The Morgan fingerprint density at radius 1 is 0.931 bits per heavy atom. The highest BCUT2D eigenvalue weighted by Gasteiger charge is 2.28. The number of nitro groups is 1. The number of piperazine rings is 1. The largest absolute Gasteiger partial charge is 0.296 e. The first kappa shape index (κ1) is 21.4. The van der Waals surface area contributed by atoms with Gasteiger partial charge in [0.05, 0.1) is 9.82 Å². The minimum atomic E-state index is -3.64. The summed E-state index contributed by atoms with van der Waals surface area (Å²) in [6, 6.07) is 13.7. The lowest BCUT2D eigenvalue weighted by Gasteiger charge is -2.34. The lowest BCUT2D eigenvalue weighted by atomic mass is 9.87. The number of nitro benzene ring substituents is 1. The van der Waals surface area contributed by atoms with Crippen LogP contribution in [0.5, 0.6) is 0 Å². The molecule has 0 atom stereocenters. The van der Waals surface area contributed by atoms with Crippen molar-refractivity contribution in [2.24, 2.45) is 0 Å². The van der Waals surface area contributed by atoms with Crippen LogP contribution >= 0.6 is 0 Å². The predicted octanol–water partition coefficient (Wildman–Crippen LogP) is 3.40. The van der Waals surface area contributed by atoms with E-state index in [1.165, 1.54) is 39.7 Å². The average Bonchev–Trinajstić information content (AvgIpc) is 2.68. The van der Waals surface area contributed by atoms with Gasteiger partial charge in [-0.05, 0) is 28.7 Å². The Morgan fingerprint density at radius 3 is 1.97 bits per heavy atom. The minimum absolute atomic E-state index is 0.0920. The molecule has 2 aromatic carbocycles. The molecule has 1 aliphatic heterocycles. The van der Waals surface area contributed by atoms with E-state index >= 15 is 0 Å². The molecule has 0 spiro atoms. The van der Waals surface area contributed by atoms with E-state index in [-0.39, 0.29) is 16.0 Å². The molecular formula is C21H27N3O4S. The van der Waals surface area contributed by atoms with Crippen LogP contribution in [0, 0.1) is 10.1 Å². The van der Waals surface area contributed by atoms with Crippen LogP contribution in [-0.4, -0.2) is 48.7 Å². The molecule has 0 radical (unpaired) electrons. The van der Waals surface area contributed by atoms with E-state index < -0.39 is 14.9 Å². The molecule has 1 aliphatic rings. The van der Waals surface area contributed by atoms with E-state index in [1.807, 2.05) is 0 Å². The molecule has 0 N–H and O–H groups in total. The monoisotopic (exact) mass is 417 g/mol. The molecule has 0 saturated carbocycles. The summed E-state index contributed by atoms with van der Waals surface area (Å²) < 4.78 is 27.1. The molecule has 8 heteroatoms. The van der Waals surface area contributed by atoms with Crippen molar-refractivity contribution in [2.75, 3.05) is 26.2 Å². The number of hydrogen-bond acceptors (Lipinski definition) is 5. The highest BCUT2D eigenvalue weighted by molar-refractivity contribution is 7.89.